The Morgan fingerprint density at radius 3 is 2.06 bits per heavy atom. The smallest absolute Gasteiger partial charge is 0.872 e. The number of benzene rings is 1. The maximum atomic E-state index is 11.0. The second kappa shape index (κ2) is 6.95. The van der Waals surface area contributed by atoms with E-state index in [0.717, 1.165) is 12.1 Å². The van der Waals surface area contributed by atoms with Gasteiger partial charge in [-0.15, -0.1) is 0 Å². The second-order valence-corrected chi connectivity index (χ2v) is 3.98. The summed E-state index contributed by atoms with van der Waals surface area (Å²) < 4.78 is 30.2. The molecular formula is C7H5NNa2O6S. The number of nitrogen functional groups attached to an aromatic ring is 1. The van der Waals surface area contributed by atoms with Crippen molar-refractivity contribution in [2.45, 2.75) is 4.90 Å². The molecule has 0 heterocycles. The fourth-order valence-electron chi connectivity index (χ4n) is 1.05. The van der Waals surface area contributed by atoms with Crippen molar-refractivity contribution in [3.05, 3.63) is 17.7 Å². The predicted octanol–water partition coefficient (Wildman–Crippen LogP) is -8.04. The molecule has 0 aliphatic rings. The molecule has 82 valence electrons. The Kier molecular flexibility index (Phi) is 7.99. The Hall–Kier alpha value is 0.200. The molecule has 0 unspecified atom stereocenters. The van der Waals surface area contributed by atoms with Crippen LogP contribution in [-0.4, -0.2) is 18.9 Å². The van der Waals surface area contributed by atoms with Crippen LogP contribution in [0.15, 0.2) is 17.0 Å². The summed E-state index contributed by atoms with van der Waals surface area (Å²) in [6, 6.07) is 1.66. The average Bonchev–Trinajstić information content (AvgIpc) is 2.05. The van der Waals surface area contributed by atoms with Gasteiger partial charge in [-0.25, -0.2) is 0 Å². The van der Waals surface area contributed by atoms with Gasteiger partial charge in [0.15, 0.2) is 0 Å². The zero-order chi connectivity index (χ0) is 11.8. The molecule has 1 aromatic carbocycles. The number of rotatable bonds is 2. The standard InChI is InChI=1S/C7H7NO6S.2Na/c8-3-1-2-4(9)5(7(10)11)6(3)15(12,13)14;;/h1-2,9H,8H2,(H,10,11)(H,12,13,14);;/q;2*+1/p-2. The summed E-state index contributed by atoms with van der Waals surface area (Å²) in [5.41, 5.74) is 3.44. The molecule has 0 aliphatic heterocycles. The molecule has 0 aliphatic carbocycles. The number of aromatic carboxylic acids is 1. The van der Waals surface area contributed by atoms with Gasteiger partial charge in [0.25, 0.3) is 10.1 Å². The number of carboxylic acid groups (broad SMARTS) is 1. The summed E-state index contributed by atoms with van der Waals surface area (Å²) in [4.78, 5) is 9.37. The number of carbonyl (C=O) groups excluding carboxylic acids is 1. The van der Waals surface area contributed by atoms with E-state index in [4.69, 9.17) is 10.3 Å². The first kappa shape index (κ1) is 19.5. The van der Waals surface area contributed by atoms with Gasteiger partial charge in [-0.1, -0.05) is 11.8 Å². The maximum absolute atomic E-state index is 11.0. The van der Waals surface area contributed by atoms with Gasteiger partial charge in [-0.2, -0.15) is 8.42 Å². The van der Waals surface area contributed by atoms with Crippen LogP contribution >= 0.6 is 0 Å². The molecule has 0 amide bonds. The monoisotopic (exact) mass is 277 g/mol. The first-order chi connectivity index (χ1) is 6.75. The third kappa shape index (κ3) is 4.42. The molecule has 0 radical (unpaired) electrons. The predicted molar refractivity (Wildman–Crippen MR) is 44.4 cm³/mol. The molecule has 0 atom stereocenters. The normalized spacial score (nSPS) is 9.94. The van der Waals surface area contributed by atoms with Crippen molar-refractivity contribution in [1.82, 2.24) is 0 Å². The van der Waals surface area contributed by atoms with Gasteiger partial charge in [0.1, 0.15) is 4.90 Å². The minimum atomic E-state index is -4.88. The minimum Gasteiger partial charge on any atom is -0.872 e. The molecule has 0 spiro atoms. The number of nitrogens with two attached hydrogens (primary N) is 1. The number of hydrogen-bond acceptors (Lipinski definition) is 6. The van der Waals surface area contributed by atoms with Crippen molar-refractivity contribution >= 4 is 21.8 Å². The van der Waals surface area contributed by atoms with Crippen LogP contribution in [0.3, 0.4) is 0 Å². The molecule has 0 saturated carbocycles. The molecule has 0 bridgehead atoms. The van der Waals surface area contributed by atoms with Crippen molar-refractivity contribution in [2.24, 2.45) is 0 Å². The Balaban J connectivity index is 0. The van der Waals surface area contributed by atoms with E-state index in [1.165, 1.54) is 0 Å². The molecular weight excluding hydrogens is 272 g/mol. The second-order valence-electron chi connectivity index (χ2n) is 2.62. The van der Waals surface area contributed by atoms with Gasteiger partial charge in [0.2, 0.25) is 0 Å². The summed E-state index contributed by atoms with van der Waals surface area (Å²) in [5.74, 6) is -3.11. The Morgan fingerprint density at radius 1 is 1.29 bits per heavy atom. The molecule has 0 fully saturated rings. The third-order valence-electron chi connectivity index (χ3n) is 1.61. The SMILES string of the molecule is Nc1ccc([O-])c(C(=O)[O-])c1S(=O)(=O)O.[Na+].[Na+]. The van der Waals surface area contributed by atoms with E-state index in [9.17, 15) is 23.4 Å². The van der Waals surface area contributed by atoms with E-state index in [1.807, 2.05) is 0 Å². The van der Waals surface area contributed by atoms with E-state index >= 15 is 0 Å². The fraction of sp³-hybridized carbons (Fsp3) is 0. The summed E-state index contributed by atoms with van der Waals surface area (Å²) >= 11 is 0. The van der Waals surface area contributed by atoms with Gasteiger partial charge >= 0.3 is 59.1 Å². The molecule has 1 aromatic rings. The van der Waals surface area contributed by atoms with Crippen LogP contribution in [0.4, 0.5) is 5.69 Å². The van der Waals surface area contributed by atoms with Gasteiger partial charge in [-0.05, 0) is 6.07 Å². The van der Waals surface area contributed by atoms with Crippen LogP contribution < -0.4 is 75.1 Å². The van der Waals surface area contributed by atoms with Crippen LogP contribution in [0.5, 0.6) is 5.75 Å². The Morgan fingerprint density at radius 2 is 1.76 bits per heavy atom. The first-order valence-electron chi connectivity index (χ1n) is 3.53. The molecule has 17 heavy (non-hydrogen) atoms. The van der Waals surface area contributed by atoms with Crippen LogP contribution in [-0.2, 0) is 10.1 Å². The van der Waals surface area contributed by atoms with E-state index in [-0.39, 0.29) is 59.1 Å². The molecule has 7 nitrogen and oxygen atoms in total. The fourth-order valence-corrected chi connectivity index (χ4v) is 1.86. The zero-order valence-corrected chi connectivity index (χ0v) is 13.9. The van der Waals surface area contributed by atoms with Crippen molar-refractivity contribution in [3.8, 4) is 5.75 Å². The van der Waals surface area contributed by atoms with E-state index in [2.05, 4.69) is 0 Å². The number of anilines is 1. The van der Waals surface area contributed by atoms with Gasteiger partial charge in [0.05, 0.1) is 11.7 Å². The van der Waals surface area contributed by atoms with Crippen molar-refractivity contribution in [2.75, 3.05) is 5.73 Å². The largest absolute Gasteiger partial charge is 1.00 e. The van der Waals surface area contributed by atoms with Crippen LogP contribution in [0, 0.1) is 0 Å². The number of carboxylic acids is 1. The summed E-state index contributed by atoms with van der Waals surface area (Å²) in [5, 5.41) is 21.5. The van der Waals surface area contributed by atoms with Crippen molar-refractivity contribution < 1.29 is 87.1 Å². The maximum Gasteiger partial charge on any atom is 1.00 e. The van der Waals surface area contributed by atoms with E-state index in [1.54, 1.807) is 0 Å². The third-order valence-corrected chi connectivity index (χ3v) is 2.57. The number of hydrogen-bond donors (Lipinski definition) is 2. The Labute approximate surface area is 141 Å². The molecule has 1 rings (SSSR count). The van der Waals surface area contributed by atoms with E-state index < -0.39 is 38.0 Å². The first-order valence-corrected chi connectivity index (χ1v) is 4.97. The molecule has 10 heteroatoms. The van der Waals surface area contributed by atoms with Crippen LogP contribution in [0.2, 0.25) is 0 Å². The quantitative estimate of drug-likeness (QED) is 0.310. The van der Waals surface area contributed by atoms with Crippen molar-refractivity contribution in [1.29, 1.82) is 0 Å². The number of carbonyl (C=O) groups is 1. The van der Waals surface area contributed by atoms with Crippen molar-refractivity contribution in [3.63, 3.8) is 0 Å². The average molecular weight is 277 g/mol. The molecule has 0 aromatic heterocycles. The van der Waals surface area contributed by atoms with Gasteiger partial charge in [0, 0.05) is 5.56 Å². The van der Waals surface area contributed by atoms with Gasteiger partial charge in [-0.3, -0.25) is 4.55 Å². The topological polar surface area (TPSA) is 144 Å². The zero-order valence-electron chi connectivity index (χ0n) is 9.13. The van der Waals surface area contributed by atoms with Crippen LogP contribution in [0.25, 0.3) is 0 Å². The van der Waals surface area contributed by atoms with Gasteiger partial charge < -0.3 is 20.7 Å². The molecule has 3 N–H and O–H groups in total. The summed E-state index contributed by atoms with van der Waals surface area (Å²) in [6.07, 6.45) is 0. The van der Waals surface area contributed by atoms with E-state index in [0.29, 0.717) is 0 Å². The summed E-state index contributed by atoms with van der Waals surface area (Å²) in [6.45, 7) is 0. The Bertz CT molecular complexity index is 529. The molecule has 0 saturated heterocycles. The minimum absolute atomic E-state index is 0. The van der Waals surface area contributed by atoms with Crippen LogP contribution in [0.1, 0.15) is 10.4 Å². The summed E-state index contributed by atoms with van der Waals surface area (Å²) in [7, 11) is -4.88.